The van der Waals surface area contributed by atoms with E-state index in [9.17, 15) is 0 Å². The molecule has 4 rings (SSSR count). The third-order valence-corrected chi connectivity index (χ3v) is 6.90. The maximum atomic E-state index is 5.58. The van der Waals surface area contributed by atoms with Crippen molar-refractivity contribution in [2.45, 2.75) is 63.8 Å². The van der Waals surface area contributed by atoms with Crippen molar-refractivity contribution in [3.8, 4) is 5.75 Å². The Morgan fingerprint density at radius 3 is 2.63 bits per heavy atom. The fourth-order valence-corrected chi connectivity index (χ4v) is 5.34. The van der Waals surface area contributed by atoms with Crippen molar-refractivity contribution in [1.29, 1.82) is 0 Å². The Hall–Kier alpha value is -1.32. The molecular formula is C24H36N2O. The van der Waals surface area contributed by atoms with Crippen molar-refractivity contribution in [3.63, 3.8) is 0 Å². The summed E-state index contributed by atoms with van der Waals surface area (Å²) in [5, 5.41) is 0. The first-order valence-corrected chi connectivity index (χ1v) is 11.2. The summed E-state index contributed by atoms with van der Waals surface area (Å²) < 4.78 is 5.58. The maximum Gasteiger partial charge on any atom is 0.122 e. The molecule has 0 unspecified atom stereocenters. The smallest absolute Gasteiger partial charge is 0.122 e. The van der Waals surface area contributed by atoms with E-state index in [2.05, 4.69) is 34.1 Å². The molecule has 0 atom stereocenters. The maximum absolute atomic E-state index is 5.58. The largest absolute Gasteiger partial charge is 0.496 e. The van der Waals surface area contributed by atoms with Gasteiger partial charge in [-0.05, 0) is 62.3 Å². The summed E-state index contributed by atoms with van der Waals surface area (Å²) in [5.74, 6) is 1.07. The van der Waals surface area contributed by atoms with Gasteiger partial charge in [0.15, 0.2) is 0 Å². The predicted octanol–water partition coefficient (Wildman–Crippen LogP) is 4.76. The van der Waals surface area contributed by atoms with Crippen LogP contribution in [-0.2, 0) is 6.42 Å². The van der Waals surface area contributed by atoms with Gasteiger partial charge in [-0.2, -0.15) is 0 Å². The lowest BCUT2D eigenvalue weighted by atomic mass is 9.88. The second-order valence-corrected chi connectivity index (χ2v) is 8.53. The Labute approximate surface area is 165 Å². The van der Waals surface area contributed by atoms with Crippen LogP contribution >= 0.6 is 0 Å². The number of hydrogen-bond acceptors (Lipinski definition) is 3. The molecule has 0 radical (unpaired) electrons. The summed E-state index contributed by atoms with van der Waals surface area (Å²) in [6, 6.07) is 7.42. The van der Waals surface area contributed by atoms with Crippen LogP contribution in [0.15, 0.2) is 24.3 Å². The van der Waals surface area contributed by atoms with E-state index >= 15 is 0 Å². The molecule has 0 spiro atoms. The van der Waals surface area contributed by atoms with E-state index in [0.717, 1.165) is 24.6 Å². The molecule has 3 aliphatic rings. The Morgan fingerprint density at radius 1 is 1.04 bits per heavy atom. The van der Waals surface area contributed by atoms with Crippen LogP contribution < -0.4 is 4.74 Å². The zero-order chi connectivity index (χ0) is 18.5. The van der Waals surface area contributed by atoms with Gasteiger partial charge in [-0.15, -0.1) is 0 Å². The van der Waals surface area contributed by atoms with Crippen molar-refractivity contribution in [1.82, 2.24) is 9.80 Å². The number of fused-ring (bicyclic) bond motifs is 1. The SMILES string of the molecule is COc1cccc2c1CCC=C2CCCN1CCN(C2CCCCC2)CC1. The van der Waals surface area contributed by atoms with E-state index in [1.54, 1.807) is 7.11 Å². The standard InChI is InChI=1S/C24H36N2O/c1-27-24-14-6-12-22-20(8-5-13-23(22)24)9-7-15-25-16-18-26(19-17-25)21-10-3-2-4-11-21/h6,8,12,14,21H,2-5,7,9-11,13,15-19H2,1H3. The molecular weight excluding hydrogens is 332 g/mol. The Balaban J connectivity index is 1.24. The fraction of sp³-hybridized carbons (Fsp3) is 0.667. The van der Waals surface area contributed by atoms with Crippen LogP contribution in [0, 0.1) is 0 Å². The monoisotopic (exact) mass is 368 g/mol. The van der Waals surface area contributed by atoms with Crippen LogP contribution in [0.25, 0.3) is 5.57 Å². The highest BCUT2D eigenvalue weighted by atomic mass is 16.5. The number of allylic oxidation sites excluding steroid dienone is 2. The van der Waals surface area contributed by atoms with Crippen LogP contribution in [0.5, 0.6) is 5.75 Å². The van der Waals surface area contributed by atoms with Crippen molar-refractivity contribution >= 4 is 5.57 Å². The quantitative estimate of drug-likeness (QED) is 0.720. The van der Waals surface area contributed by atoms with Gasteiger partial charge >= 0.3 is 0 Å². The normalized spacial score (nSPS) is 22.3. The van der Waals surface area contributed by atoms with E-state index in [1.807, 2.05) is 0 Å². The lowest BCUT2D eigenvalue weighted by molar-refractivity contribution is 0.0787. The molecule has 1 aromatic rings. The molecule has 1 heterocycles. The molecule has 0 N–H and O–H groups in total. The number of nitrogens with zero attached hydrogens (tertiary/aromatic N) is 2. The Bertz CT molecular complexity index is 640. The summed E-state index contributed by atoms with van der Waals surface area (Å²) in [6.45, 7) is 6.34. The summed E-state index contributed by atoms with van der Waals surface area (Å²) in [5.41, 5.74) is 4.39. The zero-order valence-corrected chi connectivity index (χ0v) is 17.1. The third kappa shape index (κ3) is 4.57. The summed E-state index contributed by atoms with van der Waals surface area (Å²) in [7, 11) is 1.79. The average Bonchev–Trinajstić information content (AvgIpc) is 2.74. The van der Waals surface area contributed by atoms with Gasteiger partial charge in [0, 0.05) is 37.8 Å². The van der Waals surface area contributed by atoms with Gasteiger partial charge < -0.3 is 9.64 Å². The number of benzene rings is 1. The topological polar surface area (TPSA) is 15.7 Å². The molecule has 0 aromatic heterocycles. The molecule has 3 heteroatoms. The molecule has 27 heavy (non-hydrogen) atoms. The van der Waals surface area contributed by atoms with Gasteiger partial charge in [0.25, 0.3) is 0 Å². The van der Waals surface area contributed by atoms with Gasteiger partial charge in [0.05, 0.1) is 7.11 Å². The minimum Gasteiger partial charge on any atom is -0.496 e. The van der Waals surface area contributed by atoms with Crippen molar-refractivity contribution in [3.05, 3.63) is 35.4 Å². The molecule has 0 amide bonds. The van der Waals surface area contributed by atoms with Crippen LogP contribution in [0.1, 0.15) is 62.5 Å². The van der Waals surface area contributed by atoms with Crippen LogP contribution in [0.2, 0.25) is 0 Å². The first kappa shape index (κ1) is 19.0. The van der Waals surface area contributed by atoms with E-state index < -0.39 is 0 Å². The minimum atomic E-state index is 0.889. The highest BCUT2D eigenvalue weighted by Gasteiger charge is 2.25. The van der Waals surface area contributed by atoms with E-state index in [0.29, 0.717) is 0 Å². The highest BCUT2D eigenvalue weighted by Crippen LogP contribution is 2.35. The third-order valence-electron chi connectivity index (χ3n) is 6.90. The van der Waals surface area contributed by atoms with Crippen LogP contribution in [-0.4, -0.2) is 55.7 Å². The molecule has 1 aromatic carbocycles. The zero-order valence-electron chi connectivity index (χ0n) is 17.1. The van der Waals surface area contributed by atoms with E-state index in [-0.39, 0.29) is 0 Å². The number of rotatable bonds is 6. The summed E-state index contributed by atoms with van der Waals surface area (Å²) >= 11 is 0. The van der Waals surface area contributed by atoms with E-state index in [1.165, 1.54) is 94.4 Å². The molecule has 1 saturated carbocycles. The Kier molecular flexibility index (Phi) is 6.51. The number of methoxy groups -OCH3 is 1. The number of piperazine rings is 1. The molecule has 0 bridgehead atoms. The van der Waals surface area contributed by atoms with Gasteiger partial charge in [0.1, 0.15) is 5.75 Å². The average molecular weight is 369 g/mol. The molecule has 1 aliphatic heterocycles. The molecule has 1 saturated heterocycles. The molecule has 2 fully saturated rings. The van der Waals surface area contributed by atoms with Gasteiger partial charge in [-0.3, -0.25) is 4.90 Å². The Morgan fingerprint density at radius 2 is 1.85 bits per heavy atom. The molecule has 3 nitrogen and oxygen atoms in total. The first-order chi connectivity index (χ1) is 13.3. The van der Waals surface area contributed by atoms with Crippen LogP contribution in [0.4, 0.5) is 0 Å². The summed E-state index contributed by atoms with van der Waals surface area (Å²) in [4.78, 5) is 5.47. The van der Waals surface area contributed by atoms with Crippen LogP contribution in [0.3, 0.4) is 0 Å². The molecule has 2 aliphatic carbocycles. The number of ether oxygens (including phenoxy) is 1. The van der Waals surface area contributed by atoms with Crippen molar-refractivity contribution in [2.75, 3.05) is 39.8 Å². The highest BCUT2D eigenvalue weighted by molar-refractivity contribution is 5.72. The lowest BCUT2D eigenvalue weighted by Crippen LogP contribution is -2.50. The molecule has 148 valence electrons. The van der Waals surface area contributed by atoms with Gasteiger partial charge in [-0.1, -0.05) is 37.5 Å². The van der Waals surface area contributed by atoms with Gasteiger partial charge in [0.2, 0.25) is 0 Å². The first-order valence-electron chi connectivity index (χ1n) is 11.2. The summed E-state index contributed by atoms with van der Waals surface area (Å²) in [6.07, 6.45) is 14.4. The predicted molar refractivity (Wildman–Crippen MR) is 113 cm³/mol. The van der Waals surface area contributed by atoms with E-state index in [4.69, 9.17) is 4.74 Å². The van der Waals surface area contributed by atoms with Gasteiger partial charge in [-0.25, -0.2) is 0 Å². The van der Waals surface area contributed by atoms with Crippen molar-refractivity contribution in [2.24, 2.45) is 0 Å². The number of hydrogen-bond donors (Lipinski definition) is 0. The second-order valence-electron chi connectivity index (χ2n) is 8.53. The lowest BCUT2D eigenvalue weighted by Gasteiger charge is -2.40. The fourth-order valence-electron chi connectivity index (χ4n) is 5.34. The minimum absolute atomic E-state index is 0.889. The second kappa shape index (κ2) is 9.25. The van der Waals surface area contributed by atoms with Crippen molar-refractivity contribution < 1.29 is 4.74 Å².